The fraction of sp³-hybridized carbons (Fsp3) is 0.500. The van der Waals surface area contributed by atoms with Crippen molar-refractivity contribution in [3.63, 3.8) is 0 Å². The molecule has 2 N–H and O–H groups in total. The molecule has 0 fully saturated rings. The number of nitrogens with one attached hydrogen (secondary N) is 1. The van der Waals surface area contributed by atoms with Crippen LogP contribution >= 0.6 is 0 Å². The first-order valence-electron chi connectivity index (χ1n) is 1.55. The fourth-order valence-electron chi connectivity index (χ4n) is 0.124. The molecule has 0 aliphatic heterocycles. The molecule has 0 aromatic heterocycles. The highest BCUT2D eigenvalue weighted by Crippen LogP contribution is 1.82. The van der Waals surface area contributed by atoms with E-state index in [1.807, 2.05) is 0 Å². The van der Waals surface area contributed by atoms with E-state index in [0.29, 0.717) is 0 Å². The zero-order chi connectivity index (χ0) is 5.91. The maximum absolute atomic E-state index is 9.80. The molecule has 0 heterocycles. The van der Waals surface area contributed by atoms with E-state index in [1.165, 1.54) is 0 Å². The molecule has 0 saturated heterocycles. The molecule has 0 amide bonds. The minimum Gasteiger partial charge on any atom is -0.293 e. The summed E-state index contributed by atoms with van der Waals surface area (Å²) in [6, 6.07) is 0. The normalized spacial score (nSPS) is 11.1. The van der Waals surface area contributed by atoms with Crippen LogP contribution in [-0.2, 0) is 14.7 Å². The van der Waals surface area contributed by atoms with E-state index in [0.717, 1.165) is 0 Å². The van der Waals surface area contributed by atoms with Gasteiger partial charge in [0.1, 0.15) is 0 Å². The first-order chi connectivity index (χ1) is 3.06. The van der Waals surface area contributed by atoms with Crippen molar-refractivity contribution in [2.24, 2.45) is 4.36 Å². The largest absolute Gasteiger partial charge is 0.293 e. The first kappa shape index (κ1) is 6.74. The Labute approximate surface area is 42.8 Å². The van der Waals surface area contributed by atoms with Crippen molar-refractivity contribution in [1.29, 1.82) is 4.78 Å². The molecule has 0 bridgehead atoms. The highest BCUT2D eigenvalue weighted by atomic mass is 32.2. The Hall–Kier alpha value is -0.260. The molecule has 0 rings (SSSR count). The summed E-state index contributed by atoms with van der Waals surface area (Å²) in [6.45, 7) is 3.12. The molecule has 0 aromatic rings. The molecule has 0 saturated carbocycles. The van der Waals surface area contributed by atoms with Gasteiger partial charge in [-0.05, 0) is 0 Å². The van der Waals surface area contributed by atoms with Crippen LogP contribution in [0.25, 0.3) is 0 Å². The van der Waals surface area contributed by atoms with Crippen LogP contribution < -0.4 is 0 Å². The van der Waals surface area contributed by atoms with Crippen LogP contribution in [0.5, 0.6) is 0 Å². The highest BCUT2D eigenvalue weighted by Gasteiger charge is 1.87. The summed E-state index contributed by atoms with van der Waals surface area (Å²) in [6.07, 6.45) is 0. The van der Waals surface area contributed by atoms with Crippen LogP contribution in [0.3, 0.4) is 0 Å². The summed E-state index contributed by atoms with van der Waals surface area (Å²) in [7, 11) is -3.61. The van der Waals surface area contributed by atoms with E-state index in [-0.39, 0.29) is 6.54 Å². The average Bonchev–Trinajstić information content (AvgIpc) is 1.30. The summed E-state index contributed by atoms with van der Waals surface area (Å²) in [5.74, 6) is 0. The summed E-state index contributed by atoms with van der Waals surface area (Å²) < 4.78 is 26.9. The van der Waals surface area contributed by atoms with Crippen LogP contribution in [-0.4, -0.2) is 11.1 Å². The SMILES string of the molecule is [CH2+]CN=S(=N)([O])O. The van der Waals surface area contributed by atoms with E-state index in [2.05, 4.69) is 11.3 Å². The standard InChI is InChI=1S/C2H6N2O2S/c1-2-4-7(3,5)6/h1-2H2,(H2,3,4,5)/q+1. The quantitative estimate of drug-likeness (QED) is 0.494. The van der Waals surface area contributed by atoms with Crippen LogP contribution in [0.2, 0.25) is 0 Å². The van der Waals surface area contributed by atoms with Gasteiger partial charge in [0.25, 0.3) is 0 Å². The topological polar surface area (TPSA) is 76.3 Å². The lowest BCUT2D eigenvalue weighted by molar-refractivity contribution is 0.422. The number of nitrogens with zero attached hydrogens (tertiary/aromatic N) is 1. The summed E-state index contributed by atoms with van der Waals surface area (Å²) in [5, 5.41) is 0. The van der Waals surface area contributed by atoms with Crippen molar-refractivity contribution in [2.45, 2.75) is 0 Å². The fourth-order valence-corrected chi connectivity index (χ4v) is 0.371. The molecular weight excluding hydrogens is 116 g/mol. The van der Waals surface area contributed by atoms with Gasteiger partial charge in [-0.15, -0.1) is 4.55 Å². The molecule has 7 heavy (non-hydrogen) atoms. The lowest BCUT2D eigenvalue weighted by Crippen LogP contribution is -1.87. The second kappa shape index (κ2) is 2.15. The van der Waals surface area contributed by atoms with Gasteiger partial charge in [0, 0.05) is 0 Å². The Morgan fingerprint density at radius 1 is 2.00 bits per heavy atom. The van der Waals surface area contributed by atoms with Crippen LogP contribution in [0.15, 0.2) is 4.36 Å². The monoisotopic (exact) mass is 122 g/mol. The minimum absolute atomic E-state index is 0.0289. The molecular formula is C2H6N2O2S+. The number of hydrogen-bond donors (Lipinski definition) is 2. The Morgan fingerprint density at radius 3 is 2.43 bits per heavy atom. The highest BCUT2D eigenvalue weighted by molar-refractivity contribution is 7.83. The van der Waals surface area contributed by atoms with E-state index in [1.54, 1.807) is 0 Å². The molecule has 4 nitrogen and oxygen atoms in total. The summed E-state index contributed by atoms with van der Waals surface area (Å²) in [4.78, 5) is 0. The molecule has 1 atom stereocenters. The number of rotatable bonds is 1. The van der Waals surface area contributed by atoms with E-state index < -0.39 is 10.2 Å². The van der Waals surface area contributed by atoms with Crippen LogP contribution in [0.4, 0.5) is 0 Å². The Morgan fingerprint density at radius 2 is 2.43 bits per heavy atom. The Bertz CT molecular complexity index is 138. The second-order valence-corrected chi connectivity index (χ2v) is 2.10. The molecule has 0 aromatic carbocycles. The van der Waals surface area contributed by atoms with Crippen molar-refractivity contribution < 1.29 is 9.11 Å². The van der Waals surface area contributed by atoms with Gasteiger partial charge < -0.3 is 0 Å². The average molecular weight is 122 g/mol. The van der Waals surface area contributed by atoms with Crippen LogP contribution in [0, 0.1) is 11.7 Å². The molecule has 1 unspecified atom stereocenters. The third-order valence-electron chi connectivity index (χ3n) is 0.266. The molecule has 0 aliphatic carbocycles. The lowest BCUT2D eigenvalue weighted by atomic mass is 10.8. The van der Waals surface area contributed by atoms with Crippen LogP contribution in [0.1, 0.15) is 0 Å². The lowest BCUT2D eigenvalue weighted by Gasteiger charge is -1.83. The molecule has 5 heteroatoms. The third-order valence-corrected chi connectivity index (χ3v) is 0.799. The maximum atomic E-state index is 9.80. The third kappa shape index (κ3) is 5.74. The van der Waals surface area contributed by atoms with Crippen molar-refractivity contribution in [2.75, 3.05) is 6.54 Å². The van der Waals surface area contributed by atoms with Gasteiger partial charge in [-0.3, -0.25) is 4.55 Å². The van der Waals surface area contributed by atoms with Crippen molar-refractivity contribution in [1.82, 2.24) is 0 Å². The van der Waals surface area contributed by atoms with Gasteiger partial charge in [-0.1, -0.05) is 0 Å². The van der Waals surface area contributed by atoms with Crippen molar-refractivity contribution >= 4 is 10.2 Å². The van der Waals surface area contributed by atoms with Gasteiger partial charge in [-0.25, -0.2) is 4.78 Å². The molecule has 41 valence electrons. The summed E-state index contributed by atoms with van der Waals surface area (Å²) >= 11 is 0. The number of hydrogen-bond acceptors (Lipinski definition) is 2. The van der Waals surface area contributed by atoms with E-state index >= 15 is 0 Å². The van der Waals surface area contributed by atoms with Crippen molar-refractivity contribution in [3.8, 4) is 0 Å². The zero-order valence-electron chi connectivity index (χ0n) is 3.63. The predicted octanol–water partition coefficient (Wildman–Crippen LogP) is 0.739. The minimum atomic E-state index is -3.61. The van der Waals surface area contributed by atoms with Gasteiger partial charge >= 0.3 is 0 Å². The Kier molecular flexibility index (Phi) is 2.07. The van der Waals surface area contributed by atoms with Gasteiger partial charge in [0.15, 0.2) is 6.54 Å². The molecule has 0 spiro atoms. The first-order valence-corrected chi connectivity index (χ1v) is 3.02. The van der Waals surface area contributed by atoms with E-state index in [9.17, 15) is 4.55 Å². The van der Waals surface area contributed by atoms with Crippen molar-refractivity contribution in [3.05, 3.63) is 6.92 Å². The van der Waals surface area contributed by atoms with Gasteiger partial charge in [0.2, 0.25) is 10.2 Å². The summed E-state index contributed by atoms with van der Waals surface area (Å²) in [5.41, 5.74) is 0. The molecule has 0 aliphatic rings. The predicted molar refractivity (Wildman–Crippen MR) is 26.1 cm³/mol. The Balaban J connectivity index is 4.02. The van der Waals surface area contributed by atoms with E-state index in [4.69, 9.17) is 9.33 Å². The smallest absolute Gasteiger partial charge is 0.210 e. The van der Waals surface area contributed by atoms with Gasteiger partial charge in [-0.2, -0.15) is 4.36 Å². The van der Waals surface area contributed by atoms with Gasteiger partial charge in [0.05, 0.1) is 6.92 Å². The zero-order valence-corrected chi connectivity index (χ0v) is 4.44. The molecule has 1 radical (unpaired) electrons. The maximum Gasteiger partial charge on any atom is 0.210 e. The second-order valence-electron chi connectivity index (χ2n) is 0.849.